The first kappa shape index (κ1) is 18.5. The van der Waals surface area contributed by atoms with Crippen molar-refractivity contribution in [3.8, 4) is 0 Å². The molecule has 3 nitrogen and oxygen atoms in total. The lowest BCUT2D eigenvalue weighted by Gasteiger charge is -2.16. The van der Waals surface area contributed by atoms with Crippen LogP contribution in [0.15, 0.2) is 58.0 Å². The molecule has 1 aliphatic heterocycles. The SMILES string of the molecule is CC(NC(=O)c1ccccc1CSC1=NCCS1)c1ccc(Br)cc1. The number of aliphatic imine (C=N–C) groups is 1. The lowest BCUT2D eigenvalue weighted by atomic mass is 10.1. The van der Waals surface area contributed by atoms with Crippen LogP contribution in [-0.4, -0.2) is 22.6 Å². The van der Waals surface area contributed by atoms with Crippen LogP contribution in [0.3, 0.4) is 0 Å². The zero-order chi connectivity index (χ0) is 17.6. The van der Waals surface area contributed by atoms with Gasteiger partial charge in [-0.05, 0) is 36.2 Å². The van der Waals surface area contributed by atoms with Crippen molar-refractivity contribution in [3.63, 3.8) is 0 Å². The van der Waals surface area contributed by atoms with Gasteiger partial charge in [-0.3, -0.25) is 9.79 Å². The van der Waals surface area contributed by atoms with E-state index in [0.717, 1.165) is 43.6 Å². The molecule has 0 aromatic heterocycles. The summed E-state index contributed by atoms with van der Waals surface area (Å²) in [6, 6.07) is 15.8. The lowest BCUT2D eigenvalue weighted by molar-refractivity contribution is 0.0939. The standard InChI is InChI=1S/C19H19BrN2OS2/c1-13(14-6-8-16(20)9-7-14)22-18(23)17-5-3-2-4-15(17)12-25-19-21-10-11-24-19/h2-9,13H,10-12H2,1H3,(H,22,23). The highest BCUT2D eigenvalue weighted by atomic mass is 79.9. The van der Waals surface area contributed by atoms with Gasteiger partial charge in [0.2, 0.25) is 0 Å². The predicted octanol–water partition coefficient (Wildman–Crippen LogP) is 5.28. The lowest BCUT2D eigenvalue weighted by Crippen LogP contribution is -2.27. The molecule has 25 heavy (non-hydrogen) atoms. The molecule has 0 radical (unpaired) electrons. The Bertz CT molecular complexity index is 777. The quantitative estimate of drug-likeness (QED) is 0.695. The Morgan fingerprint density at radius 3 is 2.76 bits per heavy atom. The van der Waals surface area contributed by atoms with E-state index in [1.165, 1.54) is 0 Å². The molecule has 0 saturated heterocycles. The molecule has 1 unspecified atom stereocenters. The van der Waals surface area contributed by atoms with Gasteiger partial charge in [-0.25, -0.2) is 0 Å². The fourth-order valence-corrected chi connectivity index (χ4v) is 4.80. The first-order valence-corrected chi connectivity index (χ1v) is 10.8. The minimum atomic E-state index is -0.0453. The van der Waals surface area contributed by atoms with Gasteiger partial charge < -0.3 is 5.32 Å². The molecule has 1 amide bonds. The van der Waals surface area contributed by atoms with E-state index in [4.69, 9.17) is 0 Å². The highest BCUT2D eigenvalue weighted by molar-refractivity contribution is 9.10. The molecule has 1 N–H and O–H groups in total. The second-order valence-corrected chi connectivity index (χ2v) is 8.91. The molecule has 0 spiro atoms. The Labute approximate surface area is 165 Å². The molecule has 0 bridgehead atoms. The van der Waals surface area contributed by atoms with Crippen LogP contribution >= 0.6 is 39.5 Å². The molecule has 1 heterocycles. The van der Waals surface area contributed by atoms with E-state index in [1.54, 1.807) is 23.5 Å². The number of amides is 1. The first-order chi connectivity index (χ1) is 12.1. The molecule has 2 aromatic rings. The fraction of sp³-hybridized carbons (Fsp3) is 0.263. The number of rotatable bonds is 5. The average molecular weight is 435 g/mol. The Kier molecular flexibility index (Phi) is 6.62. The predicted molar refractivity (Wildman–Crippen MR) is 113 cm³/mol. The summed E-state index contributed by atoms with van der Waals surface area (Å²) in [5.41, 5.74) is 2.87. The van der Waals surface area contributed by atoms with Gasteiger partial charge in [0.15, 0.2) is 0 Å². The molecule has 6 heteroatoms. The van der Waals surface area contributed by atoms with Crippen LogP contribution in [0.5, 0.6) is 0 Å². The maximum absolute atomic E-state index is 12.7. The average Bonchev–Trinajstić information content (AvgIpc) is 3.14. The number of nitrogens with one attached hydrogen (secondary N) is 1. The van der Waals surface area contributed by atoms with Crippen molar-refractivity contribution >= 4 is 49.7 Å². The van der Waals surface area contributed by atoms with Crippen LogP contribution in [-0.2, 0) is 5.75 Å². The normalized spacial score (nSPS) is 14.9. The van der Waals surface area contributed by atoms with Gasteiger partial charge in [-0.2, -0.15) is 0 Å². The molecule has 2 aromatic carbocycles. The van der Waals surface area contributed by atoms with Crippen molar-refractivity contribution in [1.82, 2.24) is 5.32 Å². The zero-order valence-corrected chi connectivity index (χ0v) is 17.1. The third-order valence-electron chi connectivity index (χ3n) is 3.89. The zero-order valence-electron chi connectivity index (χ0n) is 13.9. The first-order valence-electron chi connectivity index (χ1n) is 8.08. The Morgan fingerprint density at radius 1 is 1.28 bits per heavy atom. The van der Waals surface area contributed by atoms with Crippen LogP contribution in [0.4, 0.5) is 0 Å². The Hall–Kier alpha value is -1.24. The fourth-order valence-electron chi connectivity index (χ4n) is 2.52. The van der Waals surface area contributed by atoms with Crippen LogP contribution in [0.2, 0.25) is 0 Å². The maximum Gasteiger partial charge on any atom is 0.252 e. The summed E-state index contributed by atoms with van der Waals surface area (Å²) in [6.45, 7) is 2.90. The van der Waals surface area contributed by atoms with Crippen molar-refractivity contribution in [1.29, 1.82) is 0 Å². The second kappa shape index (κ2) is 8.92. The van der Waals surface area contributed by atoms with E-state index < -0.39 is 0 Å². The number of hydrogen-bond acceptors (Lipinski definition) is 4. The number of thioether (sulfide) groups is 2. The summed E-state index contributed by atoms with van der Waals surface area (Å²) >= 11 is 6.94. The van der Waals surface area contributed by atoms with E-state index in [1.807, 2.05) is 55.5 Å². The van der Waals surface area contributed by atoms with Crippen molar-refractivity contribution < 1.29 is 4.79 Å². The third-order valence-corrected chi connectivity index (χ3v) is 6.72. The summed E-state index contributed by atoms with van der Waals surface area (Å²) in [5.74, 6) is 1.80. The minimum absolute atomic E-state index is 0.0346. The summed E-state index contributed by atoms with van der Waals surface area (Å²) in [5, 5.41) is 3.10. The van der Waals surface area contributed by atoms with E-state index >= 15 is 0 Å². The van der Waals surface area contributed by atoms with Gasteiger partial charge in [-0.15, -0.1) is 0 Å². The molecule has 0 fully saturated rings. The van der Waals surface area contributed by atoms with Crippen LogP contribution in [0, 0.1) is 0 Å². The van der Waals surface area contributed by atoms with E-state index in [9.17, 15) is 4.79 Å². The van der Waals surface area contributed by atoms with Crippen LogP contribution in [0.1, 0.15) is 34.5 Å². The number of hydrogen-bond donors (Lipinski definition) is 1. The topological polar surface area (TPSA) is 41.5 Å². The van der Waals surface area contributed by atoms with Gasteiger partial charge in [-0.1, -0.05) is 69.8 Å². The largest absolute Gasteiger partial charge is 0.346 e. The molecule has 3 rings (SSSR count). The second-order valence-electron chi connectivity index (χ2n) is 5.69. The summed E-state index contributed by atoms with van der Waals surface area (Å²) in [4.78, 5) is 17.2. The van der Waals surface area contributed by atoms with Crippen molar-refractivity contribution in [3.05, 3.63) is 69.7 Å². The smallest absolute Gasteiger partial charge is 0.252 e. The Morgan fingerprint density at radius 2 is 2.04 bits per heavy atom. The summed E-state index contributed by atoms with van der Waals surface area (Å²) in [7, 11) is 0. The van der Waals surface area contributed by atoms with Gasteiger partial charge in [0.05, 0.1) is 12.6 Å². The number of carbonyl (C=O) groups excluding carboxylic acids is 1. The molecular weight excluding hydrogens is 416 g/mol. The molecule has 1 aliphatic rings. The monoisotopic (exact) mass is 434 g/mol. The number of halogens is 1. The molecular formula is C19H19BrN2OS2. The minimum Gasteiger partial charge on any atom is -0.346 e. The number of carbonyl (C=O) groups is 1. The van der Waals surface area contributed by atoms with Gasteiger partial charge >= 0.3 is 0 Å². The van der Waals surface area contributed by atoms with E-state index in [0.29, 0.717) is 0 Å². The van der Waals surface area contributed by atoms with Gasteiger partial charge in [0, 0.05) is 21.5 Å². The summed E-state index contributed by atoms with van der Waals surface area (Å²) in [6.07, 6.45) is 0. The van der Waals surface area contributed by atoms with Gasteiger partial charge in [0.25, 0.3) is 5.91 Å². The molecule has 0 aliphatic carbocycles. The third kappa shape index (κ3) is 5.12. The van der Waals surface area contributed by atoms with Crippen LogP contribution in [0.25, 0.3) is 0 Å². The molecule has 130 valence electrons. The van der Waals surface area contributed by atoms with Gasteiger partial charge in [0.1, 0.15) is 4.38 Å². The van der Waals surface area contributed by atoms with Crippen LogP contribution < -0.4 is 5.32 Å². The highest BCUT2D eigenvalue weighted by Gasteiger charge is 2.16. The molecule has 1 atom stereocenters. The number of benzene rings is 2. The van der Waals surface area contributed by atoms with E-state index in [-0.39, 0.29) is 11.9 Å². The Balaban J connectivity index is 1.67. The molecule has 0 saturated carbocycles. The highest BCUT2D eigenvalue weighted by Crippen LogP contribution is 2.26. The van der Waals surface area contributed by atoms with Crippen molar-refractivity contribution in [2.45, 2.75) is 18.7 Å². The maximum atomic E-state index is 12.7. The summed E-state index contributed by atoms with van der Waals surface area (Å²) < 4.78 is 2.16. The van der Waals surface area contributed by atoms with E-state index in [2.05, 4.69) is 26.2 Å². The van der Waals surface area contributed by atoms with Crippen molar-refractivity contribution in [2.24, 2.45) is 4.99 Å². The number of nitrogens with zero attached hydrogens (tertiary/aromatic N) is 1. The van der Waals surface area contributed by atoms with Crippen molar-refractivity contribution in [2.75, 3.05) is 12.3 Å².